The van der Waals surface area contributed by atoms with E-state index >= 15 is 0 Å². The summed E-state index contributed by atoms with van der Waals surface area (Å²) < 4.78 is 0. The first-order chi connectivity index (χ1) is 9.56. The van der Waals surface area contributed by atoms with Gasteiger partial charge in [0.15, 0.2) is 0 Å². The van der Waals surface area contributed by atoms with Crippen molar-refractivity contribution < 1.29 is 14.8 Å². The number of aromatic hydroxyl groups is 1. The summed E-state index contributed by atoms with van der Waals surface area (Å²) in [5, 5.41) is 22.6. The first-order valence-corrected chi connectivity index (χ1v) is 5.87. The summed E-state index contributed by atoms with van der Waals surface area (Å²) >= 11 is 0. The number of rotatable bonds is 4. The average molecular weight is 272 g/mol. The minimum atomic E-state index is -0.550. The molecule has 1 amide bonds. The predicted molar refractivity (Wildman–Crippen MR) is 72.4 cm³/mol. The number of benzene rings is 2. The number of carbonyl (C=O) groups excluding carboxylic acids is 1. The van der Waals surface area contributed by atoms with E-state index in [-0.39, 0.29) is 23.5 Å². The zero-order chi connectivity index (χ0) is 14.5. The lowest BCUT2D eigenvalue weighted by Gasteiger charge is -2.05. The Labute approximate surface area is 114 Å². The van der Waals surface area contributed by atoms with Gasteiger partial charge in [0, 0.05) is 24.2 Å². The topological polar surface area (TPSA) is 92.5 Å². The van der Waals surface area contributed by atoms with Crippen LogP contribution in [0.15, 0.2) is 48.5 Å². The second kappa shape index (κ2) is 5.83. The molecule has 0 fully saturated rings. The highest BCUT2D eigenvalue weighted by molar-refractivity contribution is 5.94. The van der Waals surface area contributed by atoms with E-state index in [0.29, 0.717) is 0 Å². The third-order valence-corrected chi connectivity index (χ3v) is 2.68. The fourth-order valence-corrected chi connectivity index (χ4v) is 1.71. The van der Waals surface area contributed by atoms with Gasteiger partial charge in [-0.2, -0.15) is 0 Å². The third kappa shape index (κ3) is 3.32. The highest BCUT2D eigenvalue weighted by Crippen LogP contribution is 2.14. The third-order valence-electron chi connectivity index (χ3n) is 2.68. The number of phenolic OH excluding ortho intramolecular Hbond substituents is 1. The molecule has 0 spiro atoms. The van der Waals surface area contributed by atoms with Crippen LogP contribution in [0.5, 0.6) is 5.75 Å². The SMILES string of the molecule is O=C(NCc1cccc(O)c1)c1cccc([N+](=O)[O-])c1. The second-order valence-corrected chi connectivity index (χ2v) is 4.16. The van der Waals surface area contributed by atoms with Gasteiger partial charge in [-0.05, 0) is 23.8 Å². The standard InChI is InChI=1S/C14H12N2O4/c17-13-6-1-3-10(7-13)9-15-14(18)11-4-2-5-12(8-11)16(19)20/h1-8,17H,9H2,(H,15,18). The Hall–Kier alpha value is -2.89. The quantitative estimate of drug-likeness (QED) is 0.659. The molecule has 2 rings (SSSR count). The van der Waals surface area contributed by atoms with Crippen molar-refractivity contribution in [3.63, 3.8) is 0 Å². The maximum absolute atomic E-state index is 11.9. The number of nitrogens with one attached hydrogen (secondary N) is 1. The van der Waals surface area contributed by atoms with Crippen molar-refractivity contribution in [2.24, 2.45) is 0 Å². The highest BCUT2D eigenvalue weighted by atomic mass is 16.6. The lowest BCUT2D eigenvalue weighted by molar-refractivity contribution is -0.384. The molecule has 0 bridgehead atoms. The number of nitrogens with zero attached hydrogens (tertiary/aromatic N) is 1. The first-order valence-electron chi connectivity index (χ1n) is 5.87. The summed E-state index contributed by atoms with van der Waals surface area (Å²) in [4.78, 5) is 22.0. The molecule has 0 saturated heterocycles. The van der Waals surface area contributed by atoms with E-state index in [9.17, 15) is 20.0 Å². The predicted octanol–water partition coefficient (Wildman–Crippen LogP) is 2.23. The Bertz CT molecular complexity index is 655. The summed E-state index contributed by atoms with van der Waals surface area (Å²) in [6.45, 7) is 0.232. The van der Waals surface area contributed by atoms with Gasteiger partial charge in [-0.3, -0.25) is 14.9 Å². The van der Waals surface area contributed by atoms with Gasteiger partial charge in [0.05, 0.1) is 4.92 Å². The number of nitro groups is 1. The van der Waals surface area contributed by atoms with Crippen LogP contribution in [0, 0.1) is 10.1 Å². The van der Waals surface area contributed by atoms with E-state index in [1.54, 1.807) is 12.1 Å². The van der Waals surface area contributed by atoms with Crippen molar-refractivity contribution in [1.29, 1.82) is 0 Å². The van der Waals surface area contributed by atoms with Crippen LogP contribution in [-0.4, -0.2) is 15.9 Å². The van der Waals surface area contributed by atoms with E-state index in [4.69, 9.17) is 0 Å². The van der Waals surface area contributed by atoms with E-state index in [0.717, 1.165) is 5.56 Å². The summed E-state index contributed by atoms with van der Waals surface area (Å²) in [5.41, 5.74) is 0.832. The number of hydrogen-bond donors (Lipinski definition) is 2. The molecule has 0 aliphatic heterocycles. The summed E-state index contributed by atoms with van der Waals surface area (Å²) in [5.74, 6) is -0.288. The summed E-state index contributed by atoms with van der Waals surface area (Å²) in [6, 6.07) is 12.0. The van der Waals surface area contributed by atoms with Crippen LogP contribution >= 0.6 is 0 Å². The summed E-state index contributed by atoms with van der Waals surface area (Å²) in [7, 11) is 0. The Morgan fingerprint density at radius 2 is 1.95 bits per heavy atom. The molecular weight excluding hydrogens is 260 g/mol. The first kappa shape index (κ1) is 13.5. The average Bonchev–Trinajstić information content (AvgIpc) is 2.45. The van der Waals surface area contributed by atoms with E-state index in [1.165, 1.54) is 36.4 Å². The van der Waals surface area contributed by atoms with Gasteiger partial charge in [0.25, 0.3) is 11.6 Å². The molecule has 6 nitrogen and oxygen atoms in total. The minimum Gasteiger partial charge on any atom is -0.508 e. The number of nitro benzene ring substituents is 1. The van der Waals surface area contributed by atoms with E-state index in [1.807, 2.05) is 0 Å². The monoisotopic (exact) mass is 272 g/mol. The fourth-order valence-electron chi connectivity index (χ4n) is 1.71. The van der Waals surface area contributed by atoms with Crippen molar-refractivity contribution in [3.05, 3.63) is 69.8 Å². The minimum absolute atomic E-state index is 0.118. The lowest BCUT2D eigenvalue weighted by Crippen LogP contribution is -2.22. The van der Waals surface area contributed by atoms with Crippen LogP contribution in [0.4, 0.5) is 5.69 Å². The van der Waals surface area contributed by atoms with Crippen LogP contribution in [0.2, 0.25) is 0 Å². The lowest BCUT2D eigenvalue weighted by atomic mass is 10.1. The van der Waals surface area contributed by atoms with Gasteiger partial charge in [-0.25, -0.2) is 0 Å². The zero-order valence-electron chi connectivity index (χ0n) is 10.4. The number of hydrogen-bond acceptors (Lipinski definition) is 4. The van der Waals surface area contributed by atoms with Gasteiger partial charge < -0.3 is 10.4 Å². The maximum atomic E-state index is 11.9. The number of phenols is 1. The molecule has 6 heteroatoms. The molecule has 2 aromatic rings. The Morgan fingerprint density at radius 1 is 1.20 bits per heavy atom. The van der Waals surface area contributed by atoms with Gasteiger partial charge >= 0.3 is 0 Å². The maximum Gasteiger partial charge on any atom is 0.270 e. The Balaban J connectivity index is 2.05. The van der Waals surface area contributed by atoms with Crippen molar-refractivity contribution >= 4 is 11.6 Å². The zero-order valence-corrected chi connectivity index (χ0v) is 10.4. The van der Waals surface area contributed by atoms with Crippen molar-refractivity contribution in [3.8, 4) is 5.75 Å². The highest BCUT2D eigenvalue weighted by Gasteiger charge is 2.11. The molecule has 102 valence electrons. The second-order valence-electron chi connectivity index (χ2n) is 4.16. The van der Waals surface area contributed by atoms with Gasteiger partial charge in [-0.15, -0.1) is 0 Å². The van der Waals surface area contributed by atoms with Crippen LogP contribution < -0.4 is 5.32 Å². The molecule has 2 N–H and O–H groups in total. The van der Waals surface area contributed by atoms with Crippen molar-refractivity contribution in [1.82, 2.24) is 5.32 Å². The molecule has 0 aliphatic rings. The number of carbonyl (C=O) groups is 1. The van der Waals surface area contributed by atoms with Crippen LogP contribution in [0.1, 0.15) is 15.9 Å². The molecule has 0 radical (unpaired) electrons. The Kier molecular flexibility index (Phi) is 3.95. The van der Waals surface area contributed by atoms with Gasteiger partial charge in [0.1, 0.15) is 5.75 Å². The molecule has 0 aromatic heterocycles. The molecule has 0 atom stereocenters. The van der Waals surface area contributed by atoms with Crippen molar-refractivity contribution in [2.75, 3.05) is 0 Å². The molecule has 20 heavy (non-hydrogen) atoms. The molecular formula is C14H12N2O4. The van der Waals surface area contributed by atoms with E-state index < -0.39 is 10.8 Å². The van der Waals surface area contributed by atoms with E-state index in [2.05, 4.69) is 5.32 Å². The van der Waals surface area contributed by atoms with Crippen LogP contribution in [-0.2, 0) is 6.54 Å². The van der Waals surface area contributed by atoms with Crippen molar-refractivity contribution in [2.45, 2.75) is 6.54 Å². The van der Waals surface area contributed by atoms with Gasteiger partial charge in [0.2, 0.25) is 0 Å². The van der Waals surface area contributed by atoms with Crippen LogP contribution in [0.3, 0.4) is 0 Å². The number of non-ortho nitro benzene ring substituents is 1. The molecule has 0 heterocycles. The normalized spacial score (nSPS) is 10.0. The smallest absolute Gasteiger partial charge is 0.270 e. The molecule has 0 saturated carbocycles. The molecule has 0 unspecified atom stereocenters. The molecule has 0 aliphatic carbocycles. The fraction of sp³-hybridized carbons (Fsp3) is 0.0714. The largest absolute Gasteiger partial charge is 0.508 e. The summed E-state index contributed by atoms with van der Waals surface area (Å²) in [6.07, 6.45) is 0. The van der Waals surface area contributed by atoms with Gasteiger partial charge in [-0.1, -0.05) is 18.2 Å². The molecule has 2 aromatic carbocycles. The Morgan fingerprint density at radius 3 is 2.65 bits per heavy atom. The number of amides is 1. The van der Waals surface area contributed by atoms with Crippen LogP contribution in [0.25, 0.3) is 0 Å².